The number of nitrogens with one attached hydrogen (secondary N) is 1. The molecule has 2 spiro atoms. The van der Waals surface area contributed by atoms with Crippen LogP contribution >= 0.6 is 0 Å². The normalized spacial score (nSPS) is 36.6. The molecule has 0 aromatic rings. The minimum Gasteiger partial charge on any atom is -0.369 e. The molecule has 2 amide bonds. The first-order chi connectivity index (χ1) is 13.5. The first-order valence-electron chi connectivity index (χ1n) is 11.7. The maximum absolute atomic E-state index is 14.3. The second-order valence-corrected chi connectivity index (χ2v) is 11.2. The van der Waals surface area contributed by atoms with E-state index >= 15 is 0 Å². The highest BCUT2D eigenvalue weighted by molar-refractivity contribution is 5.95. The summed E-state index contributed by atoms with van der Waals surface area (Å²) in [7, 11) is 0. The van der Waals surface area contributed by atoms with Gasteiger partial charge in [0.25, 0.3) is 5.91 Å². The minimum absolute atomic E-state index is 0.0257. The van der Waals surface area contributed by atoms with Gasteiger partial charge in [-0.1, -0.05) is 25.7 Å². The molecule has 2 heterocycles. The molecule has 164 valence electrons. The van der Waals surface area contributed by atoms with E-state index in [9.17, 15) is 9.59 Å². The maximum atomic E-state index is 14.3. The van der Waals surface area contributed by atoms with Crippen LogP contribution in [0.5, 0.6) is 0 Å². The van der Waals surface area contributed by atoms with E-state index in [4.69, 9.17) is 10.5 Å². The molecule has 6 nitrogen and oxygen atoms in total. The topological polar surface area (TPSA) is 84.7 Å². The third-order valence-electron chi connectivity index (χ3n) is 7.80. The predicted octanol–water partition coefficient (Wildman–Crippen LogP) is 3.23. The lowest BCUT2D eigenvalue weighted by Crippen LogP contribution is -2.74. The summed E-state index contributed by atoms with van der Waals surface area (Å²) in [6, 6.07) is 0.225. The third kappa shape index (κ3) is 3.31. The van der Waals surface area contributed by atoms with Crippen molar-refractivity contribution in [2.24, 2.45) is 11.7 Å². The van der Waals surface area contributed by atoms with Crippen molar-refractivity contribution in [2.75, 3.05) is 0 Å². The van der Waals surface area contributed by atoms with Crippen molar-refractivity contribution in [1.29, 1.82) is 0 Å². The smallest absolute Gasteiger partial charge is 0.258 e. The van der Waals surface area contributed by atoms with E-state index in [-0.39, 0.29) is 17.5 Å². The van der Waals surface area contributed by atoms with E-state index < -0.39 is 28.7 Å². The number of hydrogen-bond acceptors (Lipinski definition) is 4. The number of amides is 2. The molecule has 3 N–H and O–H groups in total. The molecular weight excluding hydrogens is 366 g/mol. The van der Waals surface area contributed by atoms with Crippen LogP contribution < -0.4 is 11.1 Å². The van der Waals surface area contributed by atoms with Gasteiger partial charge >= 0.3 is 0 Å². The van der Waals surface area contributed by atoms with Gasteiger partial charge in [0.05, 0.1) is 5.92 Å². The second kappa shape index (κ2) is 6.94. The summed E-state index contributed by atoms with van der Waals surface area (Å²) in [5, 5.41) is 3.57. The number of rotatable bonds is 2. The minimum atomic E-state index is -1.17. The molecule has 2 saturated heterocycles. The number of ether oxygens (including phenoxy) is 1. The lowest BCUT2D eigenvalue weighted by atomic mass is 9.64. The van der Waals surface area contributed by atoms with Crippen molar-refractivity contribution >= 4 is 11.8 Å². The molecule has 4 aliphatic rings. The third-order valence-corrected chi connectivity index (χ3v) is 7.80. The van der Waals surface area contributed by atoms with Crippen molar-refractivity contribution in [3.05, 3.63) is 0 Å². The number of nitrogens with two attached hydrogens (primary N) is 1. The number of piperidine rings is 1. The van der Waals surface area contributed by atoms with E-state index in [2.05, 4.69) is 24.1 Å². The Bertz CT molecular complexity index is 677. The Kier molecular flexibility index (Phi) is 5.05. The van der Waals surface area contributed by atoms with Crippen molar-refractivity contribution in [3.8, 4) is 0 Å². The van der Waals surface area contributed by atoms with Crippen molar-refractivity contribution in [2.45, 2.75) is 127 Å². The first-order valence-corrected chi connectivity index (χ1v) is 11.7. The van der Waals surface area contributed by atoms with Crippen LogP contribution in [0.1, 0.15) is 98.3 Å². The van der Waals surface area contributed by atoms with Crippen LogP contribution in [0.3, 0.4) is 0 Å². The number of carbonyl (C=O) groups excluding carboxylic acids is 2. The van der Waals surface area contributed by atoms with Crippen LogP contribution in [0, 0.1) is 5.92 Å². The fourth-order valence-corrected chi connectivity index (χ4v) is 7.32. The Morgan fingerprint density at radius 2 is 1.62 bits per heavy atom. The summed E-state index contributed by atoms with van der Waals surface area (Å²) in [6.45, 7) is 8.17. The molecule has 2 atom stereocenters. The van der Waals surface area contributed by atoms with Crippen LogP contribution in [-0.4, -0.2) is 45.2 Å². The van der Waals surface area contributed by atoms with Crippen LogP contribution in [0.15, 0.2) is 0 Å². The average Bonchev–Trinajstić information content (AvgIpc) is 2.81. The maximum Gasteiger partial charge on any atom is 0.258 e. The quantitative estimate of drug-likeness (QED) is 0.739. The molecule has 2 aliphatic carbocycles. The monoisotopic (exact) mass is 405 g/mol. The van der Waals surface area contributed by atoms with Crippen LogP contribution in [0.4, 0.5) is 0 Å². The first kappa shape index (κ1) is 21.1. The molecule has 2 saturated carbocycles. The van der Waals surface area contributed by atoms with Crippen molar-refractivity contribution in [3.63, 3.8) is 0 Å². The fraction of sp³-hybridized carbons (Fsp3) is 0.913. The van der Waals surface area contributed by atoms with Gasteiger partial charge in [0.1, 0.15) is 5.72 Å². The van der Waals surface area contributed by atoms with E-state index in [0.717, 1.165) is 51.4 Å². The largest absolute Gasteiger partial charge is 0.369 e. The molecule has 2 unspecified atom stereocenters. The van der Waals surface area contributed by atoms with Gasteiger partial charge in [-0.15, -0.1) is 0 Å². The molecule has 0 aromatic carbocycles. The van der Waals surface area contributed by atoms with Gasteiger partial charge in [-0.25, -0.2) is 0 Å². The van der Waals surface area contributed by atoms with E-state index in [0.29, 0.717) is 6.42 Å². The van der Waals surface area contributed by atoms with Gasteiger partial charge < -0.3 is 20.7 Å². The Balaban J connectivity index is 1.83. The highest BCUT2D eigenvalue weighted by atomic mass is 16.6. The highest BCUT2D eigenvalue weighted by Crippen LogP contribution is 2.55. The highest BCUT2D eigenvalue weighted by Gasteiger charge is 2.71. The summed E-state index contributed by atoms with van der Waals surface area (Å²) < 4.78 is 6.98. The van der Waals surface area contributed by atoms with Crippen LogP contribution in [0.2, 0.25) is 0 Å². The van der Waals surface area contributed by atoms with Crippen LogP contribution in [-0.2, 0) is 14.3 Å². The lowest BCUT2D eigenvalue weighted by molar-refractivity contribution is -0.207. The number of carbonyl (C=O) groups is 2. The molecule has 6 heteroatoms. The Morgan fingerprint density at radius 3 is 2.21 bits per heavy atom. The standard InChI is InChI=1S/C23H39N3O3/c1-20(2)15-23(17(18(24)27)21(3,4)25-20)19(28)26(16-11-7-5-8-12-16)22(29-23)13-9-6-10-14-22/h16-17,25H,5-15H2,1-4H3,(H2,24,27). The molecule has 0 aromatic heterocycles. The zero-order valence-corrected chi connectivity index (χ0v) is 18.7. The molecule has 2 aliphatic heterocycles. The predicted molar refractivity (Wildman–Crippen MR) is 112 cm³/mol. The molecule has 4 fully saturated rings. The SMILES string of the molecule is CC1(C)CC2(OC3(CCCCC3)N(C3CCCCC3)C2=O)C(C(N)=O)C(C)(C)N1. The summed E-state index contributed by atoms with van der Waals surface area (Å²) in [6.07, 6.45) is 11.2. The summed E-state index contributed by atoms with van der Waals surface area (Å²) in [5.41, 5.74) is 3.28. The second-order valence-electron chi connectivity index (χ2n) is 11.2. The van der Waals surface area contributed by atoms with Crippen molar-refractivity contribution < 1.29 is 14.3 Å². The van der Waals surface area contributed by atoms with E-state index in [1.54, 1.807) is 0 Å². The Labute approximate surface area is 175 Å². The van der Waals surface area contributed by atoms with Crippen LogP contribution in [0.25, 0.3) is 0 Å². The molecule has 0 radical (unpaired) electrons. The van der Waals surface area contributed by atoms with Gasteiger partial charge in [-0.2, -0.15) is 0 Å². The molecule has 29 heavy (non-hydrogen) atoms. The van der Waals surface area contributed by atoms with E-state index in [1.165, 1.54) is 12.8 Å². The van der Waals surface area contributed by atoms with Gasteiger partial charge in [-0.3, -0.25) is 9.59 Å². The molecular formula is C23H39N3O3. The average molecular weight is 406 g/mol. The lowest BCUT2D eigenvalue weighted by Gasteiger charge is -2.54. The van der Waals surface area contributed by atoms with Crippen molar-refractivity contribution in [1.82, 2.24) is 10.2 Å². The number of primary amides is 1. The zero-order valence-electron chi connectivity index (χ0n) is 18.7. The molecule has 4 rings (SSSR count). The zero-order chi connectivity index (χ0) is 21.1. The van der Waals surface area contributed by atoms with Gasteiger partial charge in [-0.05, 0) is 66.2 Å². The fourth-order valence-electron chi connectivity index (χ4n) is 7.32. The Hall–Kier alpha value is -1.14. The van der Waals surface area contributed by atoms with Gasteiger partial charge in [0.2, 0.25) is 5.91 Å². The number of hydrogen-bond donors (Lipinski definition) is 2. The summed E-state index contributed by atoms with van der Waals surface area (Å²) >= 11 is 0. The van der Waals surface area contributed by atoms with Gasteiger partial charge in [0.15, 0.2) is 5.60 Å². The summed E-state index contributed by atoms with van der Waals surface area (Å²) in [5.74, 6) is -1.11. The molecule has 0 bridgehead atoms. The van der Waals surface area contributed by atoms with Gasteiger partial charge in [0, 0.05) is 23.5 Å². The Morgan fingerprint density at radius 1 is 1.03 bits per heavy atom. The summed E-state index contributed by atoms with van der Waals surface area (Å²) in [4.78, 5) is 29.2. The number of nitrogens with zero attached hydrogens (tertiary/aromatic N) is 1. The van der Waals surface area contributed by atoms with E-state index in [1.807, 2.05) is 13.8 Å².